The van der Waals surface area contributed by atoms with Gasteiger partial charge in [0.1, 0.15) is 0 Å². The molecule has 1 aromatic rings. The molecule has 2 aliphatic rings. The summed E-state index contributed by atoms with van der Waals surface area (Å²) in [4.78, 5) is 0. The standard InChI is InChI=1S/C18H28N2/c1-16(2,3)13-8-9-15-14(12-13)17(4)10-6-7-11-18(17,5)20(15)19/h8-9,12H,6-7,10-11,19H2,1-5H3. The third-order valence-corrected chi connectivity index (χ3v) is 6.03. The van der Waals surface area contributed by atoms with E-state index in [1.165, 1.54) is 42.5 Å². The fourth-order valence-corrected chi connectivity index (χ4v) is 4.22. The van der Waals surface area contributed by atoms with Crippen molar-refractivity contribution in [2.45, 2.75) is 76.7 Å². The lowest BCUT2D eigenvalue weighted by Crippen LogP contribution is -2.59. The number of benzene rings is 1. The van der Waals surface area contributed by atoms with Gasteiger partial charge in [0.25, 0.3) is 0 Å². The van der Waals surface area contributed by atoms with Crippen LogP contribution in [0.4, 0.5) is 5.69 Å². The number of fused-ring (bicyclic) bond motifs is 3. The summed E-state index contributed by atoms with van der Waals surface area (Å²) in [6.07, 6.45) is 5.05. The Morgan fingerprint density at radius 3 is 2.40 bits per heavy atom. The number of rotatable bonds is 0. The number of nitrogens with two attached hydrogens (primary N) is 1. The summed E-state index contributed by atoms with van der Waals surface area (Å²) in [6.45, 7) is 11.6. The molecular formula is C18H28N2. The zero-order valence-corrected chi connectivity index (χ0v) is 13.6. The van der Waals surface area contributed by atoms with E-state index in [2.05, 4.69) is 57.8 Å². The van der Waals surface area contributed by atoms with Gasteiger partial charge in [0, 0.05) is 5.41 Å². The topological polar surface area (TPSA) is 29.3 Å². The van der Waals surface area contributed by atoms with E-state index in [-0.39, 0.29) is 16.4 Å². The fourth-order valence-electron chi connectivity index (χ4n) is 4.22. The van der Waals surface area contributed by atoms with Crippen molar-refractivity contribution >= 4 is 5.69 Å². The van der Waals surface area contributed by atoms with Crippen LogP contribution in [0.2, 0.25) is 0 Å². The zero-order chi connectivity index (χ0) is 14.8. The number of anilines is 1. The molecule has 1 aliphatic carbocycles. The molecule has 20 heavy (non-hydrogen) atoms. The van der Waals surface area contributed by atoms with Crippen LogP contribution in [0.5, 0.6) is 0 Å². The van der Waals surface area contributed by atoms with E-state index < -0.39 is 0 Å². The zero-order valence-electron chi connectivity index (χ0n) is 13.6. The first-order valence-corrected chi connectivity index (χ1v) is 7.90. The highest BCUT2D eigenvalue weighted by Crippen LogP contribution is 2.57. The van der Waals surface area contributed by atoms with Crippen molar-refractivity contribution in [3.8, 4) is 0 Å². The average molecular weight is 272 g/mol. The quantitative estimate of drug-likeness (QED) is 0.715. The van der Waals surface area contributed by atoms with Gasteiger partial charge >= 0.3 is 0 Å². The Labute approximate surface area is 123 Å². The molecule has 3 rings (SSSR count). The van der Waals surface area contributed by atoms with Crippen molar-refractivity contribution in [2.24, 2.45) is 5.84 Å². The third kappa shape index (κ3) is 1.60. The molecule has 2 N–H and O–H groups in total. The minimum atomic E-state index is 0.0735. The lowest BCUT2D eigenvalue weighted by atomic mass is 9.61. The highest BCUT2D eigenvalue weighted by Gasteiger charge is 2.56. The van der Waals surface area contributed by atoms with Crippen LogP contribution in [0.25, 0.3) is 0 Å². The predicted molar refractivity (Wildman–Crippen MR) is 86.0 cm³/mol. The van der Waals surface area contributed by atoms with Crippen LogP contribution in [0.1, 0.15) is 71.4 Å². The first-order valence-electron chi connectivity index (χ1n) is 7.90. The summed E-state index contributed by atoms with van der Waals surface area (Å²) in [6, 6.07) is 6.92. The lowest BCUT2D eigenvalue weighted by molar-refractivity contribution is 0.184. The maximum absolute atomic E-state index is 6.51. The van der Waals surface area contributed by atoms with Gasteiger partial charge < -0.3 is 5.01 Å². The summed E-state index contributed by atoms with van der Waals surface area (Å²) in [5.74, 6) is 6.51. The van der Waals surface area contributed by atoms with Gasteiger partial charge in [0.15, 0.2) is 0 Å². The molecule has 0 radical (unpaired) electrons. The molecule has 1 heterocycles. The number of hydrazine groups is 1. The maximum atomic E-state index is 6.51. The van der Waals surface area contributed by atoms with Crippen LogP contribution in [0.15, 0.2) is 18.2 Å². The molecule has 1 fully saturated rings. The Kier molecular flexibility index (Phi) is 2.79. The molecule has 1 aromatic carbocycles. The second kappa shape index (κ2) is 4.00. The largest absolute Gasteiger partial charge is 0.304 e. The first-order chi connectivity index (χ1) is 9.20. The molecule has 2 heteroatoms. The van der Waals surface area contributed by atoms with Crippen molar-refractivity contribution in [3.05, 3.63) is 29.3 Å². The first kappa shape index (κ1) is 13.9. The van der Waals surface area contributed by atoms with Crippen molar-refractivity contribution in [1.29, 1.82) is 0 Å². The second-order valence-corrected chi connectivity index (χ2v) is 8.16. The van der Waals surface area contributed by atoms with Gasteiger partial charge in [-0.3, -0.25) is 0 Å². The molecule has 2 nitrogen and oxygen atoms in total. The van der Waals surface area contributed by atoms with E-state index in [0.717, 1.165) is 0 Å². The molecular weight excluding hydrogens is 244 g/mol. The highest BCUT2D eigenvalue weighted by molar-refractivity contribution is 5.67. The van der Waals surface area contributed by atoms with Crippen LogP contribution >= 0.6 is 0 Å². The van der Waals surface area contributed by atoms with Crippen LogP contribution in [0, 0.1) is 0 Å². The number of nitrogens with zero attached hydrogens (tertiary/aromatic N) is 1. The summed E-state index contributed by atoms with van der Waals surface area (Å²) in [5, 5.41) is 2.06. The molecule has 1 saturated carbocycles. The Morgan fingerprint density at radius 2 is 1.75 bits per heavy atom. The fraction of sp³-hybridized carbons (Fsp3) is 0.667. The van der Waals surface area contributed by atoms with Crippen LogP contribution in [-0.4, -0.2) is 5.54 Å². The minimum Gasteiger partial charge on any atom is -0.304 e. The molecule has 0 aromatic heterocycles. The van der Waals surface area contributed by atoms with E-state index in [4.69, 9.17) is 5.84 Å². The van der Waals surface area contributed by atoms with Gasteiger partial charge in [-0.15, -0.1) is 0 Å². The molecule has 0 saturated heterocycles. The van der Waals surface area contributed by atoms with Gasteiger partial charge in [0.05, 0.1) is 11.2 Å². The van der Waals surface area contributed by atoms with E-state index in [9.17, 15) is 0 Å². The smallest absolute Gasteiger partial charge is 0.0627 e. The molecule has 1 aliphatic heterocycles. The summed E-state index contributed by atoms with van der Waals surface area (Å²) < 4.78 is 0. The normalized spacial score (nSPS) is 33.0. The van der Waals surface area contributed by atoms with Gasteiger partial charge in [-0.25, -0.2) is 5.84 Å². The molecule has 0 spiro atoms. The van der Waals surface area contributed by atoms with Crippen molar-refractivity contribution in [3.63, 3.8) is 0 Å². The van der Waals surface area contributed by atoms with Crippen molar-refractivity contribution in [1.82, 2.24) is 0 Å². The monoisotopic (exact) mass is 272 g/mol. The van der Waals surface area contributed by atoms with E-state index in [1.807, 2.05) is 0 Å². The summed E-state index contributed by atoms with van der Waals surface area (Å²) >= 11 is 0. The highest BCUT2D eigenvalue weighted by atomic mass is 15.5. The molecule has 0 amide bonds. The molecule has 110 valence electrons. The van der Waals surface area contributed by atoms with Gasteiger partial charge in [-0.1, -0.05) is 52.7 Å². The Balaban J connectivity index is 2.19. The summed E-state index contributed by atoms with van der Waals surface area (Å²) in [7, 11) is 0. The van der Waals surface area contributed by atoms with Crippen LogP contribution in [0.3, 0.4) is 0 Å². The minimum absolute atomic E-state index is 0.0735. The van der Waals surface area contributed by atoms with Crippen molar-refractivity contribution < 1.29 is 0 Å². The van der Waals surface area contributed by atoms with E-state index in [0.29, 0.717) is 0 Å². The van der Waals surface area contributed by atoms with Gasteiger partial charge in [0.2, 0.25) is 0 Å². The third-order valence-electron chi connectivity index (χ3n) is 6.03. The Hall–Kier alpha value is -1.02. The maximum Gasteiger partial charge on any atom is 0.0627 e. The summed E-state index contributed by atoms with van der Waals surface area (Å²) in [5.41, 5.74) is 4.58. The molecule has 0 bridgehead atoms. The number of hydrogen-bond donors (Lipinski definition) is 1. The van der Waals surface area contributed by atoms with Crippen molar-refractivity contribution in [2.75, 3.05) is 5.01 Å². The number of hydrogen-bond acceptors (Lipinski definition) is 2. The average Bonchev–Trinajstić information content (AvgIpc) is 2.56. The predicted octanol–water partition coefficient (Wildman–Crippen LogP) is 4.27. The van der Waals surface area contributed by atoms with Crippen LogP contribution in [-0.2, 0) is 10.8 Å². The Bertz CT molecular complexity index is 543. The lowest BCUT2D eigenvalue weighted by Gasteiger charge is -2.48. The van der Waals surface area contributed by atoms with Gasteiger partial charge in [-0.2, -0.15) is 0 Å². The Morgan fingerprint density at radius 1 is 1.10 bits per heavy atom. The van der Waals surface area contributed by atoms with E-state index in [1.54, 1.807) is 0 Å². The SMILES string of the molecule is CC(C)(C)c1ccc2c(c1)C1(C)CCCCC1(C)N2N. The van der Waals surface area contributed by atoms with Gasteiger partial charge in [-0.05, 0) is 42.4 Å². The second-order valence-electron chi connectivity index (χ2n) is 8.16. The molecule has 2 unspecified atom stereocenters. The van der Waals surface area contributed by atoms with Crippen LogP contribution < -0.4 is 10.9 Å². The molecule has 2 atom stereocenters. The van der Waals surface area contributed by atoms with E-state index >= 15 is 0 Å².